The molecule has 0 atom stereocenters. The van der Waals surface area contributed by atoms with Crippen molar-refractivity contribution in [3.05, 3.63) is 29.8 Å². The molecule has 0 radical (unpaired) electrons. The van der Waals surface area contributed by atoms with Crippen molar-refractivity contribution in [1.29, 1.82) is 0 Å². The summed E-state index contributed by atoms with van der Waals surface area (Å²) in [6, 6.07) is 7.56. The van der Waals surface area contributed by atoms with E-state index in [1.807, 2.05) is 24.3 Å². The summed E-state index contributed by atoms with van der Waals surface area (Å²) in [6.07, 6.45) is 2.21. The highest BCUT2D eigenvalue weighted by Gasteiger charge is 1.94. The van der Waals surface area contributed by atoms with Gasteiger partial charge in [-0.3, -0.25) is 0 Å². The van der Waals surface area contributed by atoms with Gasteiger partial charge in [-0.1, -0.05) is 25.5 Å². The minimum atomic E-state index is 0.0744. The number of rotatable bonds is 5. The molecule has 0 saturated heterocycles. The number of hydrogen-bond donors (Lipinski definition) is 1. The van der Waals surface area contributed by atoms with Crippen LogP contribution in [0.5, 0.6) is 5.75 Å². The van der Waals surface area contributed by atoms with Crippen LogP contribution in [0.2, 0.25) is 0 Å². The molecule has 0 unspecified atom stereocenters. The molecular weight excluding hydrogens is 164 g/mol. The van der Waals surface area contributed by atoms with Crippen molar-refractivity contribution in [3.63, 3.8) is 0 Å². The van der Waals surface area contributed by atoms with Crippen LogP contribution < -0.4 is 4.74 Å². The Hall–Kier alpha value is -1.02. The van der Waals surface area contributed by atoms with Gasteiger partial charge in [0.15, 0.2) is 0 Å². The van der Waals surface area contributed by atoms with Gasteiger partial charge in [-0.25, -0.2) is 0 Å². The van der Waals surface area contributed by atoms with Crippen molar-refractivity contribution in [2.24, 2.45) is 0 Å². The van der Waals surface area contributed by atoms with Crippen molar-refractivity contribution in [3.8, 4) is 5.75 Å². The topological polar surface area (TPSA) is 29.5 Å². The smallest absolute Gasteiger partial charge is 0.119 e. The fourth-order valence-electron chi connectivity index (χ4n) is 1.07. The number of aliphatic hydroxyl groups excluding tert-OH is 1. The third kappa shape index (κ3) is 3.47. The third-order valence-corrected chi connectivity index (χ3v) is 1.85. The summed E-state index contributed by atoms with van der Waals surface area (Å²) in [6.45, 7) is 2.96. The lowest BCUT2D eigenvalue weighted by Gasteiger charge is -2.05. The molecule has 2 heteroatoms. The molecular formula is C11H16O2. The molecule has 1 N–H and O–H groups in total. The first-order valence-electron chi connectivity index (χ1n) is 4.69. The quantitative estimate of drug-likeness (QED) is 0.705. The number of unbranched alkanes of at least 4 members (excludes halogenated alkanes) is 1. The molecule has 0 amide bonds. The highest BCUT2D eigenvalue weighted by Crippen LogP contribution is 2.13. The van der Waals surface area contributed by atoms with Gasteiger partial charge < -0.3 is 9.84 Å². The van der Waals surface area contributed by atoms with E-state index in [1.165, 1.54) is 0 Å². The molecule has 0 aliphatic rings. The first-order valence-corrected chi connectivity index (χ1v) is 4.69. The van der Waals surface area contributed by atoms with E-state index in [0.717, 1.165) is 30.8 Å². The van der Waals surface area contributed by atoms with Gasteiger partial charge in [0.05, 0.1) is 13.2 Å². The molecule has 72 valence electrons. The van der Waals surface area contributed by atoms with Crippen molar-refractivity contribution in [1.82, 2.24) is 0 Å². The molecule has 1 rings (SSSR count). The first kappa shape index (κ1) is 10.1. The SMILES string of the molecule is CCCCOc1cccc(CO)c1. The van der Waals surface area contributed by atoms with Crippen molar-refractivity contribution >= 4 is 0 Å². The molecule has 1 aromatic rings. The molecule has 0 saturated carbocycles. The van der Waals surface area contributed by atoms with Crippen LogP contribution in [0.3, 0.4) is 0 Å². The monoisotopic (exact) mass is 180 g/mol. The van der Waals surface area contributed by atoms with Gasteiger partial charge in [0.1, 0.15) is 5.75 Å². The Labute approximate surface area is 79.2 Å². The molecule has 0 spiro atoms. The predicted octanol–water partition coefficient (Wildman–Crippen LogP) is 2.36. The van der Waals surface area contributed by atoms with Crippen LogP contribution in [-0.4, -0.2) is 11.7 Å². The summed E-state index contributed by atoms with van der Waals surface area (Å²) in [4.78, 5) is 0. The Morgan fingerprint density at radius 1 is 1.38 bits per heavy atom. The Balaban J connectivity index is 2.46. The predicted molar refractivity (Wildman–Crippen MR) is 52.8 cm³/mol. The maximum absolute atomic E-state index is 8.88. The highest BCUT2D eigenvalue weighted by atomic mass is 16.5. The highest BCUT2D eigenvalue weighted by molar-refractivity contribution is 5.27. The minimum absolute atomic E-state index is 0.0744. The van der Waals surface area contributed by atoms with Gasteiger partial charge in [-0.15, -0.1) is 0 Å². The van der Waals surface area contributed by atoms with Crippen LogP contribution in [0.25, 0.3) is 0 Å². The van der Waals surface area contributed by atoms with Crippen LogP contribution in [0.4, 0.5) is 0 Å². The number of benzene rings is 1. The van der Waals surface area contributed by atoms with Gasteiger partial charge >= 0.3 is 0 Å². The molecule has 1 aromatic carbocycles. The lowest BCUT2D eigenvalue weighted by molar-refractivity contribution is 0.278. The second-order valence-corrected chi connectivity index (χ2v) is 3.01. The Morgan fingerprint density at radius 3 is 2.92 bits per heavy atom. The second kappa shape index (κ2) is 5.60. The fourth-order valence-corrected chi connectivity index (χ4v) is 1.07. The largest absolute Gasteiger partial charge is 0.494 e. The summed E-state index contributed by atoms with van der Waals surface area (Å²) in [5.41, 5.74) is 0.897. The van der Waals surface area contributed by atoms with Crippen LogP contribution in [0, 0.1) is 0 Å². The molecule has 0 aromatic heterocycles. The van der Waals surface area contributed by atoms with E-state index >= 15 is 0 Å². The van der Waals surface area contributed by atoms with E-state index in [9.17, 15) is 0 Å². The maximum Gasteiger partial charge on any atom is 0.119 e. The van der Waals surface area contributed by atoms with E-state index in [4.69, 9.17) is 9.84 Å². The van der Waals surface area contributed by atoms with Crippen molar-refractivity contribution in [2.75, 3.05) is 6.61 Å². The molecule has 2 nitrogen and oxygen atoms in total. The normalized spacial score (nSPS) is 10.0. The number of ether oxygens (including phenoxy) is 1. The van der Waals surface area contributed by atoms with Gasteiger partial charge in [0, 0.05) is 0 Å². The number of aliphatic hydroxyl groups is 1. The van der Waals surface area contributed by atoms with E-state index < -0.39 is 0 Å². The Bertz CT molecular complexity index is 246. The summed E-state index contributed by atoms with van der Waals surface area (Å²) >= 11 is 0. The second-order valence-electron chi connectivity index (χ2n) is 3.01. The maximum atomic E-state index is 8.88. The summed E-state index contributed by atoms with van der Waals surface area (Å²) < 4.78 is 5.48. The van der Waals surface area contributed by atoms with Crippen molar-refractivity contribution in [2.45, 2.75) is 26.4 Å². The zero-order valence-corrected chi connectivity index (χ0v) is 7.99. The molecule has 0 bridgehead atoms. The Morgan fingerprint density at radius 2 is 2.23 bits per heavy atom. The minimum Gasteiger partial charge on any atom is -0.494 e. The number of hydrogen-bond acceptors (Lipinski definition) is 2. The van der Waals surface area contributed by atoms with E-state index in [2.05, 4.69) is 6.92 Å². The molecule has 0 heterocycles. The van der Waals surface area contributed by atoms with E-state index in [1.54, 1.807) is 0 Å². The molecule has 13 heavy (non-hydrogen) atoms. The average Bonchev–Trinajstić information content (AvgIpc) is 2.19. The lowest BCUT2D eigenvalue weighted by atomic mass is 10.2. The molecule has 0 fully saturated rings. The standard InChI is InChI=1S/C11H16O2/c1-2-3-7-13-11-6-4-5-10(8-11)9-12/h4-6,8,12H,2-3,7,9H2,1H3. The molecule has 0 aliphatic heterocycles. The van der Waals surface area contributed by atoms with Gasteiger partial charge in [0.25, 0.3) is 0 Å². The van der Waals surface area contributed by atoms with Crippen LogP contribution >= 0.6 is 0 Å². The average molecular weight is 180 g/mol. The summed E-state index contributed by atoms with van der Waals surface area (Å²) in [5, 5.41) is 8.88. The summed E-state index contributed by atoms with van der Waals surface area (Å²) in [7, 11) is 0. The van der Waals surface area contributed by atoms with E-state index in [-0.39, 0.29) is 6.61 Å². The third-order valence-electron chi connectivity index (χ3n) is 1.85. The van der Waals surface area contributed by atoms with Crippen molar-refractivity contribution < 1.29 is 9.84 Å². The summed E-state index contributed by atoms with van der Waals surface area (Å²) in [5.74, 6) is 0.847. The van der Waals surface area contributed by atoms with Gasteiger partial charge in [-0.05, 0) is 24.1 Å². The first-order chi connectivity index (χ1) is 6.36. The van der Waals surface area contributed by atoms with Crippen LogP contribution in [0.15, 0.2) is 24.3 Å². The zero-order chi connectivity index (χ0) is 9.52. The van der Waals surface area contributed by atoms with Crippen LogP contribution in [-0.2, 0) is 6.61 Å². The van der Waals surface area contributed by atoms with Gasteiger partial charge in [-0.2, -0.15) is 0 Å². The Kier molecular flexibility index (Phi) is 4.33. The lowest BCUT2D eigenvalue weighted by Crippen LogP contribution is -1.96. The van der Waals surface area contributed by atoms with Gasteiger partial charge in [0.2, 0.25) is 0 Å². The molecule has 0 aliphatic carbocycles. The zero-order valence-electron chi connectivity index (χ0n) is 7.99. The van der Waals surface area contributed by atoms with E-state index in [0.29, 0.717) is 0 Å². The van der Waals surface area contributed by atoms with Crippen LogP contribution in [0.1, 0.15) is 25.3 Å². The fraction of sp³-hybridized carbons (Fsp3) is 0.455.